The number of ether oxygens (including phenoxy) is 1. The Hall–Kier alpha value is -0.570. The van der Waals surface area contributed by atoms with Gasteiger partial charge in [-0.3, -0.25) is 0 Å². The van der Waals surface area contributed by atoms with Crippen molar-refractivity contribution in [3.05, 3.63) is 0 Å². The van der Waals surface area contributed by atoms with Crippen LogP contribution in [0.3, 0.4) is 0 Å². The molecule has 1 fully saturated rings. The van der Waals surface area contributed by atoms with Gasteiger partial charge in [-0.1, -0.05) is 27.2 Å². The molecule has 1 aliphatic rings. The summed E-state index contributed by atoms with van der Waals surface area (Å²) < 4.78 is 5.43. The molecule has 1 rings (SSSR count). The van der Waals surface area contributed by atoms with E-state index in [0.29, 0.717) is 17.8 Å². The lowest BCUT2D eigenvalue weighted by atomic mass is 9.75. The van der Waals surface area contributed by atoms with E-state index >= 15 is 0 Å². The lowest BCUT2D eigenvalue weighted by Gasteiger charge is -2.37. The van der Waals surface area contributed by atoms with Crippen LogP contribution in [0.1, 0.15) is 40.0 Å². The average molecular weight is 213 g/mol. The Kier molecular flexibility index (Phi) is 4.58. The Balaban J connectivity index is 2.50. The van der Waals surface area contributed by atoms with E-state index in [1.54, 1.807) is 0 Å². The fourth-order valence-corrected chi connectivity index (χ4v) is 2.48. The normalized spacial score (nSPS) is 31.9. The fraction of sp³-hybridized carbons (Fsp3) is 0.917. The average Bonchev–Trinajstić information content (AvgIpc) is 2.14. The van der Waals surface area contributed by atoms with Gasteiger partial charge in [-0.25, -0.2) is 0 Å². The first kappa shape index (κ1) is 12.5. The summed E-state index contributed by atoms with van der Waals surface area (Å²) in [5.41, 5.74) is 0. The molecule has 88 valence electrons. The summed E-state index contributed by atoms with van der Waals surface area (Å²) in [5.74, 6) is 0.590. The minimum atomic E-state index is -1.12. The molecular formula is C12H21O3-. The minimum absolute atomic E-state index is 0.103. The monoisotopic (exact) mass is 213 g/mol. The smallest absolute Gasteiger partial charge is 0.0865 e. The predicted octanol–water partition coefficient (Wildman–Crippen LogP) is 1.21. The van der Waals surface area contributed by atoms with Crippen molar-refractivity contribution in [2.24, 2.45) is 17.8 Å². The zero-order valence-electron chi connectivity index (χ0n) is 9.86. The molecule has 0 aromatic rings. The summed E-state index contributed by atoms with van der Waals surface area (Å²) in [4.78, 5) is 10.4. The van der Waals surface area contributed by atoms with Gasteiger partial charge in [0.15, 0.2) is 0 Å². The van der Waals surface area contributed by atoms with Crippen molar-refractivity contribution in [1.29, 1.82) is 0 Å². The Morgan fingerprint density at radius 3 is 2.67 bits per heavy atom. The lowest BCUT2D eigenvalue weighted by Crippen LogP contribution is -2.38. The molecule has 3 atom stereocenters. The number of hydrogen-bond donors (Lipinski definition) is 0. The van der Waals surface area contributed by atoms with Crippen molar-refractivity contribution in [3.63, 3.8) is 0 Å². The third-order valence-corrected chi connectivity index (χ3v) is 3.38. The maximum Gasteiger partial charge on any atom is 0.0865 e. The highest BCUT2D eigenvalue weighted by Gasteiger charge is 2.31. The first-order chi connectivity index (χ1) is 7.00. The van der Waals surface area contributed by atoms with Crippen LogP contribution in [0.4, 0.5) is 0 Å². The molecule has 0 aromatic carbocycles. The molecule has 15 heavy (non-hydrogen) atoms. The van der Waals surface area contributed by atoms with Crippen LogP contribution >= 0.6 is 0 Å². The maximum atomic E-state index is 10.4. The van der Waals surface area contributed by atoms with Gasteiger partial charge in [-0.15, -0.1) is 0 Å². The van der Waals surface area contributed by atoms with Crippen LogP contribution in [0.5, 0.6) is 0 Å². The standard InChI is InChI=1S/C12H22O3/c1-8(2)10-5-4-9(3)6-11(10)15-7-12(13)14/h8-11H,4-7H2,1-3H3,(H,13,14)/p-1/t9-,10+,11+/m0/s1. The topological polar surface area (TPSA) is 49.4 Å². The summed E-state index contributed by atoms with van der Waals surface area (Å²) in [6, 6.07) is 0. The second-order valence-corrected chi connectivity index (χ2v) is 5.05. The third-order valence-electron chi connectivity index (χ3n) is 3.38. The van der Waals surface area contributed by atoms with Gasteiger partial charge in [0.2, 0.25) is 0 Å². The van der Waals surface area contributed by atoms with E-state index in [0.717, 1.165) is 12.8 Å². The number of aliphatic carboxylic acids is 1. The SMILES string of the molecule is CC(C)[C@H]1CC[C@H](C)C[C@H]1OCC(=O)[O-]. The molecule has 0 amide bonds. The Morgan fingerprint density at radius 2 is 2.13 bits per heavy atom. The second kappa shape index (κ2) is 5.50. The van der Waals surface area contributed by atoms with Crippen molar-refractivity contribution in [2.75, 3.05) is 6.61 Å². The van der Waals surface area contributed by atoms with E-state index in [-0.39, 0.29) is 12.7 Å². The number of carbonyl (C=O) groups excluding carboxylic acids is 1. The molecule has 0 aliphatic heterocycles. The highest BCUT2D eigenvalue weighted by molar-refractivity contribution is 5.65. The molecule has 3 heteroatoms. The number of carbonyl (C=O) groups is 1. The quantitative estimate of drug-likeness (QED) is 0.705. The second-order valence-electron chi connectivity index (χ2n) is 5.05. The molecule has 0 radical (unpaired) electrons. The summed E-state index contributed by atoms with van der Waals surface area (Å²) in [5, 5.41) is 10.4. The van der Waals surface area contributed by atoms with Crippen molar-refractivity contribution in [3.8, 4) is 0 Å². The first-order valence-electron chi connectivity index (χ1n) is 5.82. The predicted molar refractivity (Wildman–Crippen MR) is 56.1 cm³/mol. The molecule has 1 saturated carbocycles. The van der Waals surface area contributed by atoms with Gasteiger partial charge in [0.25, 0.3) is 0 Å². The summed E-state index contributed by atoms with van der Waals surface area (Å²) >= 11 is 0. The Bertz CT molecular complexity index is 213. The highest BCUT2D eigenvalue weighted by Crippen LogP contribution is 2.35. The number of carboxylic acid groups (broad SMARTS) is 1. The summed E-state index contributed by atoms with van der Waals surface area (Å²) in [7, 11) is 0. The van der Waals surface area contributed by atoms with Gasteiger partial charge in [0.05, 0.1) is 18.7 Å². The van der Waals surface area contributed by atoms with E-state index in [1.165, 1.54) is 6.42 Å². The van der Waals surface area contributed by atoms with E-state index in [4.69, 9.17) is 4.74 Å². The number of hydrogen-bond acceptors (Lipinski definition) is 3. The van der Waals surface area contributed by atoms with Gasteiger partial charge in [0.1, 0.15) is 0 Å². The van der Waals surface area contributed by atoms with Crippen LogP contribution in [0.2, 0.25) is 0 Å². The van der Waals surface area contributed by atoms with E-state index in [9.17, 15) is 9.90 Å². The molecule has 3 nitrogen and oxygen atoms in total. The van der Waals surface area contributed by atoms with Gasteiger partial charge in [-0.2, -0.15) is 0 Å². The molecule has 1 aliphatic carbocycles. The maximum absolute atomic E-state index is 10.4. The molecular weight excluding hydrogens is 192 g/mol. The van der Waals surface area contributed by atoms with E-state index in [1.807, 2.05) is 0 Å². The van der Waals surface area contributed by atoms with E-state index in [2.05, 4.69) is 20.8 Å². The van der Waals surface area contributed by atoms with Crippen molar-refractivity contribution < 1.29 is 14.6 Å². The summed E-state index contributed by atoms with van der Waals surface area (Å²) in [6.45, 7) is 6.29. The molecule has 0 aromatic heterocycles. The largest absolute Gasteiger partial charge is 0.548 e. The van der Waals surface area contributed by atoms with Gasteiger partial charge in [0, 0.05) is 0 Å². The van der Waals surface area contributed by atoms with Crippen LogP contribution in [0.15, 0.2) is 0 Å². The van der Waals surface area contributed by atoms with Crippen LogP contribution in [-0.4, -0.2) is 18.7 Å². The Morgan fingerprint density at radius 1 is 1.47 bits per heavy atom. The number of carboxylic acids is 1. The van der Waals surface area contributed by atoms with Crippen LogP contribution < -0.4 is 5.11 Å². The van der Waals surface area contributed by atoms with Gasteiger partial charge >= 0.3 is 0 Å². The Labute approximate surface area is 91.8 Å². The molecule has 0 N–H and O–H groups in total. The molecule has 0 saturated heterocycles. The minimum Gasteiger partial charge on any atom is -0.548 e. The molecule has 0 bridgehead atoms. The zero-order chi connectivity index (χ0) is 11.4. The van der Waals surface area contributed by atoms with Crippen molar-refractivity contribution in [1.82, 2.24) is 0 Å². The van der Waals surface area contributed by atoms with Crippen molar-refractivity contribution >= 4 is 5.97 Å². The first-order valence-corrected chi connectivity index (χ1v) is 5.82. The van der Waals surface area contributed by atoms with E-state index < -0.39 is 5.97 Å². The van der Waals surface area contributed by atoms with Crippen LogP contribution in [0, 0.1) is 17.8 Å². The third kappa shape index (κ3) is 3.82. The fourth-order valence-electron chi connectivity index (χ4n) is 2.48. The van der Waals surface area contributed by atoms with Crippen LogP contribution in [-0.2, 0) is 9.53 Å². The molecule has 0 unspecified atom stereocenters. The van der Waals surface area contributed by atoms with Crippen LogP contribution in [0.25, 0.3) is 0 Å². The highest BCUT2D eigenvalue weighted by atomic mass is 16.5. The lowest BCUT2D eigenvalue weighted by molar-refractivity contribution is -0.311. The van der Waals surface area contributed by atoms with Crippen molar-refractivity contribution in [2.45, 2.75) is 46.1 Å². The summed E-state index contributed by atoms with van der Waals surface area (Å²) in [6.07, 6.45) is 3.47. The van der Waals surface area contributed by atoms with Gasteiger partial charge < -0.3 is 14.6 Å². The molecule has 0 heterocycles. The number of rotatable bonds is 4. The molecule has 0 spiro atoms. The zero-order valence-corrected chi connectivity index (χ0v) is 9.86. The van der Waals surface area contributed by atoms with Gasteiger partial charge in [-0.05, 0) is 30.6 Å².